The largest absolute Gasteiger partial charge is 0.495 e. The van der Waals surface area contributed by atoms with Crippen LogP contribution in [0, 0.1) is 6.92 Å². The van der Waals surface area contributed by atoms with Gasteiger partial charge >= 0.3 is 5.97 Å². The van der Waals surface area contributed by atoms with Gasteiger partial charge in [0.05, 0.1) is 18.5 Å². The third kappa shape index (κ3) is 3.33. The van der Waals surface area contributed by atoms with E-state index < -0.39 is 5.97 Å². The van der Waals surface area contributed by atoms with Gasteiger partial charge in [-0.3, -0.25) is 4.79 Å². The lowest BCUT2D eigenvalue weighted by molar-refractivity contribution is 0.0694. The highest BCUT2D eigenvalue weighted by Gasteiger charge is 2.20. The Morgan fingerprint density at radius 3 is 2.64 bits per heavy atom. The monoisotopic (exact) mass is 387 g/mol. The Morgan fingerprint density at radius 1 is 1.45 bits per heavy atom. The van der Waals surface area contributed by atoms with Crippen molar-refractivity contribution in [2.45, 2.75) is 13.5 Å². The van der Waals surface area contributed by atoms with Crippen LogP contribution >= 0.6 is 27.3 Å². The molecule has 0 saturated heterocycles. The van der Waals surface area contributed by atoms with E-state index in [2.05, 4.69) is 15.9 Å². The van der Waals surface area contributed by atoms with Gasteiger partial charge in [-0.1, -0.05) is 0 Å². The number of carboxylic acid groups (broad SMARTS) is 1. The molecule has 0 aromatic carbocycles. The van der Waals surface area contributed by atoms with Gasteiger partial charge < -0.3 is 19.2 Å². The number of nitrogens with zero attached hydrogens (tertiary/aromatic N) is 1. The third-order valence-corrected chi connectivity index (χ3v) is 4.79. The second-order valence-corrected chi connectivity index (χ2v) is 6.97. The highest BCUT2D eigenvalue weighted by atomic mass is 79.9. The lowest BCUT2D eigenvalue weighted by atomic mass is 10.2. The molecule has 0 aliphatic heterocycles. The molecule has 2 rings (SSSR count). The first-order chi connectivity index (χ1) is 10.3. The van der Waals surface area contributed by atoms with Crippen LogP contribution in [0.1, 0.15) is 31.6 Å². The quantitative estimate of drug-likeness (QED) is 0.850. The number of aromatic carboxylic acids is 1. The number of ether oxygens (including phenoxy) is 1. The second kappa shape index (κ2) is 6.53. The summed E-state index contributed by atoms with van der Waals surface area (Å²) in [6.07, 6.45) is 0. The lowest BCUT2D eigenvalue weighted by Gasteiger charge is -2.14. The van der Waals surface area contributed by atoms with E-state index in [0.29, 0.717) is 22.1 Å². The van der Waals surface area contributed by atoms with Crippen LogP contribution in [0.2, 0.25) is 0 Å². The molecule has 22 heavy (non-hydrogen) atoms. The maximum atomic E-state index is 12.4. The molecule has 0 fully saturated rings. The number of amides is 1. The van der Waals surface area contributed by atoms with Crippen LogP contribution in [0.25, 0.3) is 0 Å². The molecule has 0 aliphatic rings. The van der Waals surface area contributed by atoms with E-state index in [1.807, 2.05) is 0 Å². The molecule has 1 amide bonds. The van der Waals surface area contributed by atoms with Gasteiger partial charge in [0.15, 0.2) is 0 Å². The fourth-order valence-corrected chi connectivity index (χ4v) is 3.57. The normalized spacial score (nSPS) is 10.5. The average Bonchev–Trinajstić information content (AvgIpc) is 3.00. The van der Waals surface area contributed by atoms with E-state index in [1.165, 1.54) is 29.4 Å². The van der Waals surface area contributed by atoms with Crippen LogP contribution in [0.5, 0.6) is 5.75 Å². The van der Waals surface area contributed by atoms with Crippen molar-refractivity contribution in [1.29, 1.82) is 0 Å². The molecule has 0 bridgehead atoms. The summed E-state index contributed by atoms with van der Waals surface area (Å²) in [4.78, 5) is 25.3. The summed E-state index contributed by atoms with van der Waals surface area (Å²) in [5, 5.41) is 9.00. The Labute approximate surface area is 139 Å². The SMILES string of the molecule is COc1cc(C(=O)N(C)Cc2cc(C(=O)O)c(C)o2)sc1Br. The average molecular weight is 388 g/mol. The summed E-state index contributed by atoms with van der Waals surface area (Å²) in [5.74, 6) is 0.106. The second-order valence-electron chi connectivity index (χ2n) is 4.60. The number of carbonyl (C=O) groups is 2. The van der Waals surface area contributed by atoms with Gasteiger partial charge in [-0.05, 0) is 28.9 Å². The number of carbonyl (C=O) groups excluding carboxylic acids is 1. The number of hydrogen-bond donors (Lipinski definition) is 1. The van der Waals surface area contributed by atoms with E-state index in [1.54, 1.807) is 20.0 Å². The molecule has 2 aromatic rings. The molecule has 1 N–H and O–H groups in total. The predicted octanol–water partition coefficient (Wildman–Crippen LogP) is 3.39. The summed E-state index contributed by atoms with van der Waals surface area (Å²) in [5.41, 5.74) is 0.108. The Balaban J connectivity index is 2.14. The van der Waals surface area contributed by atoms with Crippen molar-refractivity contribution >= 4 is 39.1 Å². The molecule has 0 aliphatic carbocycles. The predicted molar refractivity (Wildman–Crippen MR) is 84.8 cm³/mol. The first kappa shape index (κ1) is 16.6. The van der Waals surface area contributed by atoms with Gasteiger partial charge in [0.1, 0.15) is 26.6 Å². The van der Waals surface area contributed by atoms with Crippen LogP contribution in [-0.2, 0) is 6.54 Å². The number of hydrogen-bond acceptors (Lipinski definition) is 5. The molecule has 0 unspecified atom stereocenters. The fourth-order valence-electron chi connectivity index (χ4n) is 1.92. The van der Waals surface area contributed by atoms with Gasteiger partial charge in [-0.15, -0.1) is 11.3 Å². The first-order valence-corrected chi connectivity index (χ1v) is 7.85. The Hall–Kier alpha value is -1.80. The number of halogens is 1. The zero-order valence-electron chi connectivity index (χ0n) is 12.2. The Kier molecular flexibility index (Phi) is 4.92. The van der Waals surface area contributed by atoms with Gasteiger partial charge in [-0.25, -0.2) is 4.79 Å². The molecule has 2 heterocycles. The summed E-state index contributed by atoms with van der Waals surface area (Å²) in [7, 11) is 3.16. The van der Waals surface area contributed by atoms with E-state index >= 15 is 0 Å². The first-order valence-electron chi connectivity index (χ1n) is 6.25. The molecular formula is C14H14BrNO5S. The minimum Gasteiger partial charge on any atom is -0.495 e. The van der Waals surface area contributed by atoms with Crippen molar-refractivity contribution in [1.82, 2.24) is 4.90 Å². The fraction of sp³-hybridized carbons (Fsp3) is 0.286. The van der Waals surface area contributed by atoms with Gasteiger partial charge in [0, 0.05) is 13.1 Å². The maximum Gasteiger partial charge on any atom is 0.339 e. The summed E-state index contributed by atoms with van der Waals surface area (Å²) >= 11 is 4.60. The molecular weight excluding hydrogens is 374 g/mol. The van der Waals surface area contributed by atoms with Crippen LogP contribution in [0.3, 0.4) is 0 Å². The number of rotatable bonds is 5. The topological polar surface area (TPSA) is 80.0 Å². The van der Waals surface area contributed by atoms with E-state index in [0.717, 1.165) is 3.79 Å². The molecule has 0 spiro atoms. The summed E-state index contributed by atoms with van der Waals surface area (Å²) < 4.78 is 11.2. The number of methoxy groups -OCH3 is 1. The maximum absolute atomic E-state index is 12.4. The zero-order valence-corrected chi connectivity index (χ0v) is 14.6. The van der Waals surface area contributed by atoms with Crippen LogP contribution in [-0.4, -0.2) is 36.0 Å². The van der Waals surface area contributed by atoms with Crippen molar-refractivity contribution in [3.8, 4) is 5.75 Å². The lowest BCUT2D eigenvalue weighted by Crippen LogP contribution is -2.25. The number of furan rings is 1. The van der Waals surface area contributed by atoms with Crippen LogP contribution < -0.4 is 4.74 Å². The summed E-state index contributed by atoms with van der Waals surface area (Å²) in [6.45, 7) is 1.76. The molecule has 0 saturated carbocycles. The molecule has 0 radical (unpaired) electrons. The van der Waals surface area contributed by atoms with Crippen molar-refractivity contribution in [2.24, 2.45) is 0 Å². The molecule has 118 valence electrons. The minimum atomic E-state index is -1.05. The van der Waals surface area contributed by atoms with Gasteiger partial charge in [-0.2, -0.15) is 0 Å². The van der Waals surface area contributed by atoms with Crippen molar-refractivity contribution in [3.05, 3.63) is 37.9 Å². The highest BCUT2D eigenvalue weighted by Crippen LogP contribution is 2.35. The number of carboxylic acids is 1. The Bertz CT molecular complexity index is 721. The third-order valence-electron chi connectivity index (χ3n) is 3.03. The molecule has 8 heteroatoms. The number of thiophene rings is 1. The van der Waals surface area contributed by atoms with Crippen LogP contribution in [0.15, 0.2) is 20.3 Å². The van der Waals surface area contributed by atoms with Gasteiger partial charge in [0.25, 0.3) is 5.91 Å². The highest BCUT2D eigenvalue weighted by molar-refractivity contribution is 9.11. The summed E-state index contributed by atoms with van der Waals surface area (Å²) in [6, 6.07) is 3.09. The van der Waals surface area contributed by atoms with Gasteiger partial charge in [0.2, 0.25) is 0 Å². The van der Waals surface area contributed by atoms with E-state index in [9.17, 15) is 9.59 Å². The van der Waals surface area contributed by atoms with E-state index in [-0.39, 0.29) is 18.0 Å². The van der Waals surface area contributed by atoms with Crippen molar-refractivity contribution in [3.63, 3.8) is 0 Å². The zero-order chi connectivity index (χ0) is 16.4. The molecule has 0 atom stereocenters. The van der Waals surface area contributed by atoms with Crippen molar-refractivity contribution in [2.75, 3.05) is 14.2 Å². The number of aryl methyl sites for hydroxylation is 1. The molecule has 2 aromatic heterocycles. The van der Waals surface area contributed by atoms with E-state index in [4.69, 9.17) is 14.3 Å². The van der Waals surface area contributed by atoms with Crippen LogP contribution in [0.4, 0.5) is 0 Å². The van der Waals surface area contributed by atoms with Crippen molar-refractivity contribution < 1.29 is 23.8 Å². The Morgan fingerprint density at radius 2 is 2.14 bits per heavy atom. The molecule has 6 nitrogen and oxygen atoms in total. The standard InChI is InChI=1S/C14H14BrNO5S/c1-7-9(14(18)19)4-8(21-7)6-16(2)13(17)11-5-10(20-3)12(15)22-11/h4-5H,6H2,1-3H3,(H,18,19). The minimum absolute atomic E-state index is 0.108. The smallest absolute Gasteiger partial charge is 0.339 e.